The summed E-state index contributed by atoms with van der Waals surface area (Å²) in [5.41, 5.74) is 2.38. The second-order valence-corrected chi connectivity index (χ2v) is 6.15. The zero-order valence-electron chi connectivity index (χ0n) is 10.6. The van der Waals surface area contributed by atoms with Crippen LogP contribution >= 0.6 is 31.9 Å². The Bertz CT molecular complexity index is 609. The van der Waals surface area contributed by atoms with Crippen molar-refractivity contribution in [2.75, 3.05) is 0 Å². The molecule has 0 saturated heterocycles. The number of carbonyl (C=O) groups is 1. The van der Waals surface area contributed by atoms with Crippen LogP contribution in [0, 0.1) is 0 Å². The molecule has 3 nitrogen and oxygen atoms in total. The zero-order chi connectivity index (χ0) is 14.5. The van der Waals surface area contributed by atoms with E-state index in [4.69, 9.17) is 5.11 Å². The Morgan fingerprint density at radius 1 is 1.05 bits per heavy atom. The Morgan fingerprint density at radius 3 is 2.35 bits per heavy atom. The van der Waals surface area contributed by atoms with Crippen molar-refractivity contribution in [2.45, 2.75) is 13.2 Å². The molecular weight excluding hydrogens is 386 g/mol. The number of hydrogen-bond acceptors (Lipinski definition) is 2. The van der Waals surface area contributed by atoms with Gasteiger partial charge in [-0.25, -0.2) is 0 Å². The fourth-order valence-corrected chi connectivity index (χ4v) is 3.10. The summed E-state index contributed by atoms with van der Waals surface area (Å²) >= 11 is 6.72. The van der Waals surface area contributed by atoms with E-state index >= 15 is 0 Å². The van der Waals surface area contributed by atoms with Gasteiger partial charge in [-0.1, -0.05) is 56.1 Å². The van der Waals surface area contributed by atoms with Crippen molar-refractivity contribution in [2.24, 2.45) is 0 Å². The van der Waals surface area contributed by atoms with Gasteiger partial charge in [-0.15, -0.1) is 0 Å². The van der Waals surface area contributed by atoms with Gasteiger partial charge >= 0.3 is 0 Å². The monoisotopic (exact) mass is 397 g/mol. The van der Waals surface area contributed by atoms with Gasteiger partial charge < -0.3 is 10.4 Å². The van der Waals surface area contributed by atoms with Gasteiger partial charge in [0.25, 0.3) is 5.91 Å². The Balaban J connectivity index is 2.04. The summed E-state index contributed by atoms with van der Waals surface area (Å²) in [6, 6.07) is 12.9. The third kappa shape index (κ3) is 4.16. The number of hydrogen-bond donors (Lipinski definition) is 2. The number of benzene rings is 2. The molecule has 104 valence electrons. The van der Waals surface area contributed by atoms with Gasteiger partial charge in [0.2, 0.25) is 0 Å². The van der Waals surface area contributed by atoms with Crippen molar-refractivity contribution in [3.8, 4) is 0 Å². The van der Waals surface area contributed by atoms with Crippen LogP contribution in [0.15, 0.2) is 51.4 Å². The van der Waals surface area contributed by atoms with E-state index in [9.17, 15) is 4.79 Å². The van der Waals surface area contributed by atoms with E-state index in [-0.39, 0.29) is 12.5 Å². The van der Waals surface area contributed by atoms with Crippen molar-refractivity contribution in [1.82, 2.24) is 5.32 Å². The summed E-state index contributed by atoms with van der Waals surface area (Å²) in [7, 11) is 0. The van der Waals surface area contributed by atoms with Crippen molar-refractivity contribution >= 4 is 37.8 Å². The van der Waals surface area contributed by atoms with Crippen LogP contribution in [0.1, 0.15) is 21.5 Å². The highest BCUT2D eigenvalue weighted by Gasteiger charge is 2.07. The van der Waals surface area contributed by atoms with Crippen LogP contribution in [0.5, 0.6) is 0 Å². The molecular formula is C15H13Br2NO2. The third-order valence-electron chi connectivity index (χ3n) is 2.75. The van der Waals surface area contributed by atoms with Crippen LogP contribution in [0.25, 0.3) is 0 Å². The molecule has 0 atom stereocenters. The molecule has 0 aromatic heterocycles. The standard InChI is InChI=1S/C15H13Br2NO2/c16-13-5-12(6-14(17)7-13)15(20)18-8-10-2-1-3-11(4-10)9-19/h1-7,19H,8-9H2,(H,18,20). The minimum absolute atomic E-state index is 0.000362. The fraction of sp³-hybridized carbons (Fsp3) is 0.133. The highest BCUT2D eigenvalue weighted by molar-refractivity contribution is 9.11. The van der Waals surface area contributed by atoms with Crippen molar-refractivity contribution < 1.29 is 9.90 Å². The molecule has 0 radical (unpaired) electrons. The number of nitrogens with one attached hydrogen (secondary N) is 1. The van der Waals surface area contributed by atoms with Gasteiger partial charge in [-0.3, -0.25) is 4.79 Å². The number of aliphatic hydroxyl groups is 1. The Morgan fingerprint density at radius 2 is 1.70 bits per heavy atom. The fourth-order valence-electron chi connectivity index (χ4n) is 1.81. The lowest BCUT2D eigenvalue weighted by Gasteiger charge is -2.07. The average molecular weight is 399 g/mol. The summed E-state index contributed by atoms with van der Waals surface area (Å²) in [5.74, 6) is -0.138. The highest BCUT2D eigenvalue weighted by atomic mass is 79.9. The van der Waals surface area contributed by atoms with E-state index in [0.29, 0.717) is 12.1 Å². The second-order valence-electron chi connectivity index (χ2n) is 4.32. The van der Waals surface area contributed by atoms with E-state index < -0.39 is 0 Å². The maximum Gasteiger partial charge on any atom is 0.251 e. The van der Waals surface area contributed by atoms with Crippen LogP contribution in [0.2, 0.25) is 0 Å². The SMILES string of the molecule is O=C(NCc1cccc(CO)c1)c1cc(Br)cc(Br)c1. The molecule has 0 heterocycles. The van der Waals surface area contributed by atoms with Gasteiger partial charge in [-0.05, 0) is 29.3 Å². The molecule has 0 fully saturated rings. The average Bonchev–Trinajstić information content (AvgIpc) is 2.44. The molecule has 2 N–H and O–H groups in total. The molecule has 0 aliphatic rings. The number of rotatable bonds is 4. The molecule has 0 saturated carbocycles. The predicted molar refractivity (Wildman–Crippen MR) is 85.4 cm³/mol. The zero-order valence-corrected chi connectivity index (χ0v) is 13.7. The lowest BCUT2D eigenvalue weighted by atomic mass is 10.1. The third-order valence-corrected chi connectivity index (χ3v) is 3.67. The molecule has 0 bridgehead atoms. The van der Waals surface area contributed by atoms with Crippen LogP contribution in [0.3, 0.4) is 0 Å². The van der Waals surface area contributed by atoms with E-state index in [1.54, 1.807) is 12.1 Å². The molecule has 1 amide bonds. The molecule has 5 heteroatoms. The molecule has 0 aliphatic carbocycles. The minimum Gasteiger partial charge on any atom is -0.392 e. The summed E-state index contributed by atoms with van der Waals surface area (Å²) in [5, 5.41) is 11.9. The first-order valence-corrected chi connectivity index (χ1v) is 7.60. The van der Waals surface area contributed by atoms with Crippen LogP contribution in [-0.2, 0) is 13.2 Å². The number of carbonyl (C=O) groups excluding carboxylic acids is 1. The van der Waals surface area contributed by atoms with Gasteiger partial charge in [-0.2, -0.15) is 0 Å². The molecule has 2 rings (SSSR count). The van der Waals surface area contributed by atoms with Gasteiger partial charge in [0.05, 0.1) is 6.61 Å². The highest BCUT2D eigenvalue weighted by Crippen LogP contribution is 2.20. The van der Waals surface area contributed by atoms with Gasteiger partial charge in [0, 0.05) is 21.1 Å². The normalized spacial score (nSPS) is 10.3. The Hall–Kier alpha value is -1.17. The largest absolute Gasteiger partial charge is 0.392 e. The molecule has 2 aromatic carbocycles. The number of amides is 1. The minimum atomic E-state index is -0.138. The quantitative estimate of drug-likeness (QED) is 0.825. The van der Waals surface area contributed by atoms with Gasteiger partial charge in [0.15, 0.2) is 0 Å². The first-order chi connectivity index (χ1) is 9.58. The molecule has 20 heavy (non-hydrogen) atoms. The maximum absolute atomic E-state index is 12.1. The second kappa shape index (κ2) is 7.02. The van der Waals surface area contributed by atoms with Crippen LogP contribution in [0.4, 0.5) is 0 Å². The molecule has 0 spiro atoms. The van der Waals surface area contributed by atoms with Crippen molar-refractivity contribution in [3.63, 3.8) is 0 Å². The van der Waals surface area contributed by atoms with Crippen LogP contribution < -0.4 is 5.32 Å². The Labute approximate surface area is 134 Å². The van der Waals surface area contributed by atoms with Crippen LogP contribution in [-0.4, -0.2) is 11.0 Å². The van der Waals surface area contributed by atoms with Crippen molar-refractivity contribution in [3.05, 3.63) is 68.1 Å². The Kier molecular flexibility index (Phi) is 5.34. The van der Waals surface area contributed by atoms with Gasteiger partial charge in [0.1, 0.15) is 0 Å². The molecule has 0 unspecified atom stereocenters. The number of halogens is 2. The summed E-state index contributed by atoms with van der Waals surface area (Å²) in [6.07, 6.45) is 0. The predicted octanol–water partition coefficient (Wildman–Crippen LogP) is 3.63. The summed E-state index contributed by atoms with van der Waals surface area (Å²) in [4.78, 5) is 12.1. The topological polar surface area (TPSA) is 49.3 Å². The van der Waals surface area contributed by atoms with Crippen molar-refractivity contribution in [1.29, 1.82) is 0 Å². The first kappa shape index (κ1) is 15.2. The van der Waals surface area contributed by atoms with E-state index in [1.807, 2.05) is 30.3 Å². The lowest BCUT2D eigenvalue weighted by Crippen LogP contribution is -2.22. The summed E-state index contributed by atoms with van der Waals surface area (Å²) < 4.78 is 1.69. The summed E-state index contributed by atoms with van der Waals surface area (Å²) in [6.45, 7) is 0.428. The first-order valence-electron chi connectivity index (χ1n) is 6.01. The number of aliphatic hydroxyl groups excluding tert-OH is 1. The maximum atomic E-state index is 12.1. The lowest BCUT2D eigenvalue weighted by molar-refractivity contribution is 0.0951. The van der Waals surface area contributed by atoms with E-state index in [0.717, 1.165) is 20.1 Å². The van der Waals surface area contributed by atoms with E-state index in [2.05, 4.69) is 37.2 Å². The smallest absolute Gasteiger partial charge is 0.251 e. The molecule has 2 aromatic rings. The molecule has 0 aliphatic heterocycles. The van der Waals surface area contributed by atoms with E-state index in [1.165, 1.54) is 0 Å².